The minimum Gasteiger partial charge on any atom is -0.482 e. The molecule has 0 bridgehead atoms. The summed E-state index contributed by atoms with van der Waals surface area (Å²) in [5.41, 5.74) is 1.48. The van der Waals surface area contributed by atoms with Gasteiger partial charge in [-0.3, -0.25) is 19.3 Å². The topological polar surface area (TPSA) is 87.7 Å². The van der Waals surface area contributed by atoms with Crippen LogP contribution in [0.3, 0.4) is 0 Å². The second-order valence-corrected chi connectivity index (χ2v) is 8.39. The minimum atomic E-state index is -0.707. The van der Waals surface area contributed by atoms with Crippen LogP contribution in [0.2, 0.25) is 0 Å². The van der Waals surface area contributed by atoms with Crippen LogP contribution in [-0.4, -0.2) is 43.0 Å². The highest BCUT2D eigenvalue weighted by Gasteiger charge is 2.31. The molecule has 4 rings (SSSR count). The lowest BCUT2D eigenvalue weighted by molar-refractivity contribution is -0.129. The first-order valence-corrected chi connectivity index (χ1v) is 10.7. The van der Waals surface area contributed by atoms with Gasteiger partial charge < -0.3 is 15.4 Å². The van der Waals surface area contributed by atoms with Gasteiger partial charge in [0.25, 0.3) is 5.91 Å². The summed E-state index contributed by atoms with van der Waals surface area (Å²) in [4.78, 5) is 39.3. The molecular weight excluding hydrogens is 450 g/mol. The highest BCUT2D eigenvalue weighted by atomic mass is 79.9. The highest BCUT2D eigenvalue weighted by Crippen LogP contribution is 2.34. The molecule has 2 aliphatic rings. The quantitative estimate of drug-likeness (QED) is 0.647. The van der Waals surface area contributed by atoms with Gasteiger partial charge in [-0.05, 0) is 36.6 Å². The molecule has 0 saturated heterocycles. The molecule has 0 aromatic heterocycles. The van der Waals surface area contributed by atoms with Crippen molar-refractivity contribution in [2.45, 2.75) is 31.3 Å². The zero-order valence-corrected chi connectivity index (χ0v) is 17.9. The van der Waals surface area contributed by atoms with E-state index < -0.39 is 11.9 Å². The summed E-state index contributed by atoms with van der Waals surface area (Å²) >= 11 is 3.37. The van der Waals surface area contributed by atoms with Crippen LogP contribution in [0.5, 0.6) is 5.75 Å². The molecular formula is C22H22BrN3O4. The van der Waals surface area contributed by atoms with E-state index in [1.54, 1.807) is 18.2 Å². The van der Waals surface area contributed by atoms with E-state index in [9.17, 15) is 14.4 Å². The maximum absolute atomic E-state index is 12.8. The number of carbonyl (C=O) groups is 3. The number of halogens is 1. The number of nitrogens with zero attached hydrogens (tertiary/aromatic N) is 1. The van der Waals surface area contributed by atoms with Crippen LogP contribution < -0.4 is 20.3 Å². The van der Waals surface area contributed by atoms with Gasteiger partial charge >= 0.3 is 0 Å². The lowest BCUT2D eigenvalue weighted by atomic mass is 10.1. The number of anilines is 1. The number of hydrogen-bond acceptors (Lipinski definition) is 4. The molecule has 0 radical (unpaired) electrons. The van der Waals surface area contributed by atoms with Crippen molar-refractivity contribution in [1.29, 1.82) is 0 Å². The van der Waals surface area contributed by atoms with E-state index in [0.29, 0.717) is 17.9 Å². The van der Waals surface area contributed by atoms with Crippen LogP contribution >= 0.6 is 15.9 Å². The average Bonchev–Trinajstić information content (AvgIpc) is 3.54. The van der Waals surface area contributed by atoms with Crippen molar-refractivity contribution >= 4 is 39.3 Å². The van der Waals surface area contributed by atoms with E-state index >= 15 is 0 Å². The lowest BCUT2D eigenvalue weighted by Crippen LogP contribution is -2.52. The molecule has 1 fully saturated rings. The second-order valence-electron chi connectivity index (χ2n) is 7.47. The fraction of sp³-hybridized carbons (Fsp3) is 0.318. The maximum atomic E-state index is 12.8. The van der Waals surface area contributed by atoms with E-state index in [1.807, 2.05) is 30.3 Å². The zero-order valence-electron chi connectivity index (χ0n) is 16.3. The van der Waals surface area contributed by atoms with E-state index in [-0.39, 0.29) is 31.0 Å². The molecule has 2 aromatic carbocycles. The van der Waals surface area contributed by atoms with Crippen molar-refractivity contribution in [1.82, 2.24) is 10.6 Å². The Bertz CT molecular complexity index is 962. The normalized spacial score (nSPS) is 16.3. The summed E-state index contributed by atoms with van der Waals surface area (Å²) in [5.74, 6) is -0.371. The van der Waals surface area contributed by atoms with Gasteiger partial charge in [0, 0.05) is 16.9 Å². The molecule has 2 aromatic rings. The first kappa shape index (κ1) is 20.4. The molecule has 0 spiro atoms. The molecule has 7 nitrogen and oxygen atoms in total. The van der Waals surface area contributed by atoms with Crippen molar-refractivity contribution in [3.8, 4) is 5.75 Å². The fourth-order valence-corrected chi connectivity index (χ4v) is 3.66. The largest absolute Gasteiger partial charge is 0.482 e. The number of ether oxygens (including phenoxy) is 1. The Hall–Kier alpha value is -2.87. The Morgan fingerprint density at radius 3 is 2.67 bits per heavy atom. The number of carbonyl (C=O) groups excluding carboxylic acids is 3. The summed E-state index contributed by atoms with van der Waals surface area (Å²) in [7, 11) is 0. The number of fused-ring (bicyclic) bond motifs is 1. The third-order valence-electron chi connectivity index (χ3n) is 5.02. The lowest BCUT2D eigenvalue weighted by Gasteiger charge is -2.29. The first-order chi connectivity index (χ1) is 14.5. The molecule has 1 heterocycles. The Morgan fingerprint density at radius 2 is 1.93 bits per heavy atom. The van der Waals surface area contributed by atoms with Crippen molar-refractivity contribution < 1.29 is 19.1 Å². The molecule has 1 atom stereocenters. The second kappa shape index (κ2) is 8.87. The number of amides is 3. The first-order valence-electron chi connectivity index (χ1n) is 9.86. The van der Waals surface area contributed by atoms with E-state index in [2.05, 4.69) is 26.6 Å². The molecule has 3 amide bonds. The van der Waals surface area contributed by atoms with E-state index in [0.717, 1.165) is 22.9 Å². The molecule has 1 aliphatic carbocycles. The van der Waals surface area contributed by atoms with E-state index in [1.165, 1.54) is 4.90 Å². The molecule has 30 heavy (non-hydrogen) atoms. The van der Waals surface area contributed by atoms with Gasteiger partial charge in [-0.15, -0.1) is 0 Å². The fourth-order valence-electron chi connectivity index (χ4n) is 3.32. The monoisotopic (exact) mass is 471 g/mol. The van der Waals surface area contributed by atoms with Crippen molar-refractivity contribution in [3.05, 3.63) is 58.6 Å². The number of nitrogens with one attached hydrogen (secondary N) is 2. The number of benzene rings is 2. The molecule has 1 saturated carbocycles. The van der Waals surface area contributed by atoms with Gasteiger partial charge in [-0.25, -0.2) is 0 Å². The smallest absolute Gasteiger partial charge is 0.265 e. The van der Waals surface area contributed by atoms with Gasteiger partial charge in [0.1, 0.15) is 18.3 Å². The Balaban J connectivity index is 1.47. The summed E-state index contributed by atoms with van der Waals surface area (Å²) in [5, 5.41) is 5.77. The minimum absolute atomic E-state index is 0.133. The van der Waals surface area contributed by atoms with Gasteiger partial charge in [0.2, 0.25) is 11.8 Å². The van der Waals surface area contributed by atoms with Crippen molar-refractivity contribution in [2.75, 3.05) is 18.1 Å². The molecule has 1 aliphatic heterocycles. The summed E-state index contributed by atoms with van der Waals surface area (Å²) in [6, 6.07) is 14.3. The number of rotatable bonds is 7. The molecule has 1 unspecified atom stereocenters. The molecule has 8 heteroatoms. The van der Waals surface area contributed by atoms with E-state index in [4.69, 9.17) is 4.74 Å². The predicted molar refractivity (Wildman–Crippen MR) is 115 cm³/mol. The van der Waals surface area contributed by atoms with Gasteiger partial charge in [-0.2, -0.15) is 0 Å². The summed E-state index contributed by atoms with van der Waals surface area (Å²) < 4.78 is 6.28. The third kappa shape index (κ3) is 4.99. The van der Waals surface area contributed by atoms with Gasteiger partial charge in [-0.1, -0.05) is 46.3 Å². The Labute approximate surface area is 182 Å². The van der Waals surface area contributed by atoms with Crippen LogP contribution in [0.1, 0.15) is 18.4 Å². The van der Waals surface area contributed by atoms with Crippen LogP contribution in [-0.2, 0) is 20.8 Å². The molecule has 156 valence electrons. The average molecular weight is 472 g/mol. The summed E-state index contributed by atoms with van der Waals surface area (Å²) in [6.45, 7) is -0.314. The number of hydrogen-bond donors (Lipinski definition) is 2. The Morgan fingerprint density at radius 1 is 1.17 bits per heavy atom. The van der Waals surface area contributed by atoms with Crippen LogP contribution in [0.15, 0.2) is 53.0 Å². The van der Waals surface area contributed by atoms with Gasteiger partial charge in [0.15, 0.2) is 6.61 Å². The van der Waals surface area contributed by atoms with Crippen molar-refractivity contribution in [2.24, 2.45) is 0 Å². The zero-order chi connectivity index (χ0) is 21.1. The highest BCUT2D eigenvalue weighted by molar-refractivity contribution is 9.10. The van der Waals surface area contributed by atoms with Crippen molar-refractivity contribution in [3.63, 3.8) is 0 Å². The van der Waals surface area contributed by atoms with Gasteiger partial charge in [0.05, 0.1) is 5.69 Å². The standard InChI is InChI=1S/C22H22BrN3O4/c23-15-6-9-18-19(11-15)30-13-21(28)26(18)12-20(27)25-17(22(29)24-16-7-8-16)10-14-4-2-1-3-5-14/h1-6,9,11,16-17H,7-8,10,12-13H2,(H,24,29)(H,25,27). The third-order valence-corrected chi connectivity index (χ3v) is 5.52. The SMILES string of the molecule is O=C(CN1C(=O)COc2cc(Br)ccc21)NC(Cc1ccccc1)C(=O)NC1CC1. The van der Waals surface area contributed by atoms with Crippen LogP contribution in [0.25, 0.3) is 0 Å². The van der Waals surface area contributed by atoms with Crippen LogP contribution in [0, 0.1) is 0 Å². The maximum Gasteiger partial charge on any atom is 0.265 e. The predicted octanol–water partition coefficient (Wildman–Crippen LogP) is 2.18. The summed E-state index contributed by atoms with van der Waals surface area (Å²) in [6.07, 6.45) is 2.31. The van der Waals surface area contributed by atoms with Crippen LogP contribution in [0.4, 0.5) is 5.69 Å². The molecule has 2 N–H and O–H groups in total. The Kier molecular flexibility index (Phi) is 6.03.